The Bertz CT molecular complexity index is 199. The van der Waals surface area contributed by atoms with Gasteiger partial charge in [0.15, 0.2) is 0 Å². The molecule has 0 aromatic rings. The summed E-state index contributed by atoms with van der Waals surface area (Å²) in [5.74, 6) is -0.116. The average molecular weight is 202 g/mol. The molecule has 0 saturated heterocycles. The van der Waals surface area contributed by atoms with E-state index in [1.165, 1.54) is 0 Å². The summed E-state index contributed by atoms with van der Waals surface area (Å²) in [6.45, 7) is 5.77. The normalized spacial score (nSPS) is 10.9. The molecule has 0 fully saturated rings. The molecular formula is C9H18N2O3. The van der Waals surface area contributed by atoms with E-state index in [4.69, 9.17) is 4.84 Å². The molecule has 5 nitrogen and oxygen atoms in total. The smallest absolute Gasteiger partial charge is 0.233 e. The summed E-state index contributed by atoms with van der Waals surface area (Å²) in [5.41, 5.74) is -0.427. The highest BCUT2D eigenvalue weighted by Gasteiger charge is 2.16. The molecule has 1 N–H and O–H groups in total. The van der Waals surface area contributed by atoms with Crippen molar-refractivity contribution in [1.82, 2.24) is 10.4 Å². The van der Waals surface area contributed by atoms with Crippen molar-refractivity contribution in [2.45, 2.75) is 32.8 Å². The Labute approximate surface area is 84.4 Å². The third-order valence-corrected chi connectivity index (χ3v) is 1.35. The fourth-order valence-corrected chi connectivity index (χ4v) is 0.808. The maximum atomic E-state index is 10.9. The summed E-state index contributed by atoms with van der Waals surface area (Å²) in [6, 6.07) is 0. The van der Waals surface area contributed by atoms with Crippen molar-refractivity contribution >= 4 is 12.3 Å². The molecule has 82 valence electrons. The number of rotatable bonds is 5. The Morgan fingerprint density at radius 1 is 1.50 bits per heavy atom. The van der Waals surface area contributed by atoms with Crippen LogP contribution in [0.15, 0.2) is 0 Å². The highest BCUT2D eigenvalue weighted by molar-refractivity contribution is 5.75. The Kier molecular flexibility index (Phi) is 5.15. The second-order valence-corrected chi connectivity index (χ2v) is 3.87. The van der Waals surface area contributed by atoms with E-state index < -0.39 is 5.60 Å². The van der Waals surface area contributed by atoms with E-state index in [0.717, 1.165) is 5.06 Å². The standard InChI is InChI=1S/C9H18N2O3/c1-9(2,3)14-11(7-12)6-5-8(13)10-4/h7H,5-6H2,1-4H3,(H,10,13). The number of nitrogens with one attached hydrogen (secondary N) is 1. The Balaban J connectivity index is 3.92. The van der Waals surface area contributed by atoms with Crippen molar-refractivity contribution < 1.29 is 14.4 Å². The molecule has 5 heteroatoms. The lowest BCUT2D eigenvalue weighted by Crippen LogP contribution is -2.35. The third-order valence-electron chi connectivity index (χ3n) is 1.35. The number of amides is 2. The zero-order chi connectivity index (χ0) is 11.2. The Morgan fingerprint density at radius 3 is 2.43 bits per heavy atom. The van der Waals surface area contributed by atoms with Gasteiger partial charge in [0.2, 0.25) is 12.3 Å². The Morgan fingerprint density at radius 2 is 2.07 bits per heavy atom. The van der Waals surface area contributed by atoms with Crippen molar-refractivity contribution in [3.63, 3.8) is 0 Å². The van der Waals surface area contributed by atoms with Crippen molar-refractivity contribution in [3.05, 3.63) is 0 Å². The number of carbonyl (C=O) groups excluding carboxylic acids is 2. The second-order valence-electron chi connectivity index (χ2n) is 3.87. The van der Waals surface area contributed by atoms with Crippen LogP contribution in [0.5, 0.6) is 0 Å². The maximum absolute atomic E-state index is 10.9. The molecular weight excluding hydrogens is 184 g/mol. The van der Waals surface area contributed by atoms with Gasteiger partial charge in [-0.15, -0.1) is 0 Å². The highest BCUT2D eigenvalue weighted by Crippen LogP contribution is 2.08. The number of carbonyl (C=O) groups is 2. The number of hydrogen-bond acceptors (Lipinski definition) is 3. The van der Waals surface area contributed by atoms with E-state index in [2.05, 4.69) is 5.32 Å². The molecule has 14 heavy (non-hydrogen) atoms. The van der Waals surface area contributed by atoms with Crippen LogP contribution in [0.4, 0.5) is 0 Å². The first kappa shape index (κ1) is 12.9. The molecule has 0 aliphatic heterocycles. The van der Waals surface area contributed by atoms with Crippen LogP contribution in [0.2, 0.25) is 0 Å². The van der Waals surface area contributed by atoms with Gasteiger partial charge in [-0.1, -0.05) is 0 Å². The lowest BCUT2D eigenvalue weighted by atomic mass is 10.2. The predicted octanol–water partition coefficient (Wildman–Crippen LogP) is 0.311. The molecule has 2 amide bonds. The molecule has 0 atom stereocenters. The van der Waals surface area contributed by atoms with Crippen LogP contribution in [0.1, 0.15) is 27.2 Å². The van der Waals surface area contributed by atoms with Crippen LogP contribution in [-0.2, 0) is 14.4 Å². The van der Waals surface area contributed by atoms with Gasteiger partial charge in [-0.05, 0) is 20.8 Å². The summed E-state index contributed by atoms with van der Waals surface area (Å²) in [4.78, 5) is 26.7. The van der Waals surface area contributed by atoms with Crippen LogP contribution in [0.25, 0.3) is 0 Å². The summed E-state index contributed by atoms with van der Waals surface area (Å²) >= 11 is 0. The van der Waals surface area contributed by atoms with Crippen molar-refractivity contribution in [2.75, 3.05) is 13.6 Å². The maximum Gasteiger partial charge on any atom is 0.233 e. The summed E-state index contributed by atoms with van der Waals surface area (Å²) in [5, 5.41) is 3.60. The monoisotopic (exact) mass is 202 g/mol. The molecule has 0 aromatic heterocycles. The quantitative estimate of drug-likeness (QED) is 0.515. The van der Waals surface area contributed by atoms with Crippen LogP contribution in [-0.4, -0.2) is 36.6 Å². The van der Waals surface area contributed by atoms with Crippen LogP contribution in [0, 0.1) is 0 Å². The number of hydrogen-bond donors (Lipinski definition) is 1. The van der Waals surface area contributed by atoms with Gasteiger partial charge in [0, 0.05) is 13.5 Å². The number of nitrogens with zero attached hydrogens (tertiary/aromatic N) is 1. The Hall–Kier alpha value is -1.10. The molecule has 0 rings (SSSR count). The van der Waals surface area contributed by atoms with E-state index in [9.17, 15) is 9.59 Å². The van der Waals surface area contributed by atoms with Gasteiger partial charge in [0.05, 0.1) is 12.1 Å². The highest BCUT2D eigenvalue weighted by atomic mass is 16.7. The molecule has 0 bridgehead atoms. The second kappa shape index (κ2) is 5.59. The average Bonchev–Trinajstić information content (AvgIpc) is 2.09. The van der Waals surface area contributed by atoms with Gasteiger partial charge in [0.25, 0.3) is 0 Å². The SMILES string of the molecule is CNC(=O)CCN(C=O)OC(C)(C)C. The minimum Gasteiger partial charge on any atom is -0.359 e. The third kappa shape index (κ3) is 6.42. The van der Waals surface area contributed by atoms with Crippen molar-refractivity contribution in [1.29, 1.82) is 0 Å². The molecule has 0 aliphatic rings. The summed E-state index contributed by atoms with van der Waals surface area (Å²) in [7, 11) is 1.55. The van der Waals surface area contributed by atoms with E-state index in [1.807, 2.05) is 20.8 Å². The predicted molar refractivity (Wildman–Crippen MR) is 52.3 cm³/mol. The molecule has 0 aliphatic carbocycles. The molecule has 0 spiro atoms. The fourth-order valence-electron chi connectivity index (χ4n) is 0.808. The van der Waals surface area contributed by atoms with Gasteiger partial charge in [0.1, 0.15) is 0 Å². The first-order chi connectivity index (χ1) is 6.39. The molecule has 0 heterocycles. The van der Waals surface area contributed by atoms with Gasteiger partial charge < -0.3 is 5.32 Å². The van der Waals surface area contributed by atoms with Crippen LogP contribution in [0.3, 0.4) is 0 Å². The van der Waals surface area contributed by atoms with Gasteiger partial charge in [-0.3, -0.25) is 14.4 Å². The zero-order valence-corrected chi connectivity index (χ0v) is 9.16. The fraction of sp³-hybridized carbons (Fsp3) is 0.778. The van der Waals surface area contributed by atoms with E-state index in [-0.39, 0.29) is 18.9 Å². The summed E-state index contributed by atoms with van der Waals surface area (Å²) < 4.78 is 0. The minimum absolute atomic E-state index is 0.116. The molecule has 0 aromatic carbocycles. The van der Waals surface area contributed by atoms with E-state index in [1.54, 1.807) is 7.05 Å². The van der Waals surface area contributed by atoms with Gasteiger partial charge in [-0.2, -0.15) is 0 Å². The van der Waals surface area contributed by atoms with E-state index >= 15 is 0 Å². The minimum atomic E-state index is -0.427. The van der Waals surface area contributed by atoms with Crippen LogP contribution >= 0.6 is 0 Å². The van der Waals surface area contributed by atoms with E-state index in [0.29, 0.717) is 6.41 Å². The largest absolute Gasteiger partial charge is 0.359 e. The molecule has 0 radical (unpaired) electrons. The summed E-state index contributed by atoms with van der Waals surface area (Å²) in [6.07, 6.45) is 0.819. The first-order valence-corrected chi connectivity index (χ1v) is 4.50. The van der Waals surface area contributed by atoms with Crippen LogP contribution < -0.4 is 5.32 Å². The lowest BCUT2D eigenvalue weighted by molar-refractivity contribution is -0.216. The molecule has 0 saturated carbocycles. The lowest BCUT2D eigenvalue weighted by Gasteiger charge is -2.26. The van der Waals surface area contributed by atoms with Crippen molar-refractivity contribution in [2.24, 2.45) is 0 Å². The zero-order valence-electron chi connectivity index (χ0n) is 9.16. The topological polar surface area (TPSA) is 58.6 Å². The van der Waals surface area contributed by atoms with Crippen molar-refractivity contribution in [3.8, 4) is 0 Å². The molecule has 0 unspecified atom stereocenters. The number of hydroxylamine groups is 2. The first-order valence-electron chi connectivity index (χ1n) is 4.50. The van der Waals surface area contributed by atoms with Gasteiger partial charge >= 0.3 is 0 Å². The van der Waals surface area contributed by atoms with Gasteiger partial charge in [-0.25, -0.2) is 5.06 Å².